The monoisotopic (exact) mass is 499 g/mol. The van der Waals surface area contributed by atoms with Gasteiger partial charge in [-0.15, -0.1) is 0 Å². The number of piperazine rings is 1. The van der Waals surface area contributed by atoms with Crippen LogP contribution >= 0.6 is 15.9 Å². The summed E-state index contributed by atoms with van der Waals surface area (Å²) in [6.45, 7) is 7.87. The highest BCUT2D eigenvalue weighted by Gasteiger charge is 2.35. The van der Waals surface area contributed by atoms with Gasteiger partial charge in [0.15, 0.2) is 0 Å². The molecule has 2 heterocycles. The number of rotatable bonds is 2. The third-order valence-electron chi connectivity index (χ3n) is 5.58. The minimum absolute atomic E-state index is 0.219. The standard InChI is InChI=1S/C24H26BrN3O4/c1-24(2,3)32-23(31)28-10-8-27(9-11-28)21-18-7-5-4-6-17(18)19(22(29)30)13-15-12-16(25)14-26-20(15)21/h4-7,12-14,21H,8-11H2,1-3H3,(H,29,30). The van der Waals surface area contributed by atoms with Gasteiger partial charge in [-0.05, 0) is 65.5 Å². The van der Waals surface area contributed by atoms with Crippen LogP contribution in [0.15, 0.2) is 41.0 Å². The maximum absolute atomic E-state index is 12.5. The van der Waals surface area contributed by atoms with Crippen molar-refractivity contribution < 1.29 is 19.4 Å². The molecule has 8 heteroatoms. The number of aromatic nitrogens is 1. The number of ether oxygens (including phenoxy) is 1. The first-order chi connectivity index (χ1) is 15.1. The van der Waals surface area contributed by atoms with Crippen LogP contribution in [0.25, 0.3) is 11.6 Å². The van der Waals surface area contributed by atoms with Crippen molar-refractivity contribution in [3.8, 4) is 0 Å². The molecule has 1 fully saturated rings. The van der Waals surface area contributed by atoms with Crippen LogP contribution in [0.4, 0.5) is 4.79 Å². The van der Waals surface area contributed by atoms with Crippen LogP contribution in [0.1, 0.15) is 49.2 Å². The van der Waals surface area contributed by atoms with Gasteiger partial charge in [0.05, 0.1) is 17.3 Å². The largest absolute Gasteiger partial charge is 0.478 e. The fourth-order valence-corrected chi connectivity index (χ4v) is 4.56. The van der Waals surface area contributed by atoms with E-state index in [1.807, 2.05) is 51.1 Å². The molecule has 2 aliphatic rings. The minimum atomic E-state index is -0.973. The lowest BCUT2D eigenvalue weighted by atomic mass is 9.93. The Bertz CT molecular complexity index is 1080. The summed E-state index contributed by atoms with van der Waals surface area (Å²) in [7, 11) is 0. The van der Waals surface area contributed by atoms with Gasteiger partial charge >= 0.3 is 12.1 Å². The second-order valence-electron chi connectivity index (χ2n) is 8.98. The molecular formula is C24H26BrN3O4. The molecule has 1 aliphatic carbocycles. The number of hydrogen-bond donors (Lipinski definition) is 1. The number of hydrogen-bond acceptors (Lipinski definition) is 5. The molecule has 4 rings (SSSR count). The van der Waals surface area contributed by atoms with Crippen molar-refractivity contribution in [2.24, 2.45) is 0 Å². The fraction of sp³-hybridized carbons (Fsp3) is 0.375. The molecule has 32 heavy (non-hydrogen) atoms. The number of carboxylic acids is 1. The molecule has 0 saturated carbocycles. The summed E-state index contributed by atoms with van der Waals surface area (Å²) < 4.78 is 6.31. The van der Waals surface area contributed by atoms with Crippen molar-refractivity contribution in [3.05, 3.63) is 63.4 Å². The molecular weight excluding hydrogens is 474 g/mol. The predicted molar refractivity (Wildman–Crippen MR) is 125 cm³/mol. The first-order valence-corrected chi connectivity index (χ1v) is 11.3. The van der Waals surface area contributed by atoms with E-state index in [0.717, 1.165) is 21.3 Å². The van der Waals surface area contributed by atoms with Crippen molar-refractivity contribution in [1.82, 2.24) is 14.8 Å². The zero-order valence-electron chi connectivity index (χ0n) is 18.3. The molecule has 1 amide bonds. The number of amides is 1. The number of carboxylic acid groups (broad SMARTS) is 1. The summed E-state index contributed by atoms with van der Waals surface area (Å²) in [5, 5.41) is 9.92. The number of halogens is 1. The van der Waals surface area contributed by atoms with Gasteiger partial charge in [-0.1, -0.05) is 24.3 Å². The molecule has 2 aromatic rings. The SMILES string of the molecule is CC(C)(C)OC(=O)N1CCN(C2c3ccccc3C(C(=O)O)=Cc3cc(Br)cnc32)CC1. The molecule has 1 atom stereocenters. The van der Waals surface area contributed by atoms with E-state index < -0.39 is 11.6 Å². The number of nitrogens with zero attached hydrogens (tertiary/aromatic N) is 3. The fourth-order valence-electron chi connectivity index (χ4n) is 4.21. The van der Waals surface area contributed by atoms with Gasteiger partial charge in [-0.3, -0.25) is 9.88 Å². The van der Waals surface area contributed by atoms with Crippen LogP contribution in [0.2, 0.25) is 0 Å². The normalized spacial score (nSPS) is 18.8. The lowest BCUT2D eigenvalue weighted by molar-refractivity contribution is -0.130. The molecule has 1 aromatic carbocycles. The van der Waals surface area contributed by atoms with E-state index in [9.17, 15) is 14.7 Å². The zero-order chi connectivity index (χ0) is 23.0. The highest BCUT2D eigenvalue weighted by molar-refractivity contribution is 9.10. The Balaban J connectivity index is 1.69. The van der Waals surface area contributed by atoms with E-state index in [2.05, 4.69) is 20.8 Å². The molecule has 0 bridgehead atoms. The van der Waals surface area contributed by atoms with E-state index in [4.69, 9.17) is 9.72 Å². The van der Waals surface area contributed by atoms with Gasteiger partial charge < -0.3 is 14.7 Å². The van der Waals surface area contributed by atoms with Crippen molar-refractivity contribution in [2.45, 2.75) is 32.4 Å². The maximum Gasteiger partial charge on any atom is 0.410 e. The van der Waals surface area contributed by atoms with E-state index in [0.29, 0.717) is 31.7 Å². The molecule has 1 aliphatic heterocycles. The highest BCUT2D eigenvalue weighted by atomic mass is 79.9. The Labute approximate surface area is 195 Å². The van der Waals surface area contributed by atoms with E-state index in [1.165, 1.54) is 0 Å². The van der Waals surface area contributed by atoms with Crippen LogP contribution in [0.5, 0.6) is 0 Å². The van der Waals surface area contributed by atoms with Crippen LogP contribution in [-0.4, -0.2) is 63.7 Å². The number of pyridine rings is 1. The Morgan fingerprint density at radius 3 is 2.50 bits per heavy atom. The molecule has 0 spiro atoms. The average Bonchev–Trinajstić information content (AvgIpc) is 2.87. The van der Waals surface area contributed by atoms with Crippen molar-refractivity contribution in [3.63, 3.8) is 0 Å². The number of benzene rings is 1. The van der Waals surface area contributed by atoms with E-state index >= 15 is 0 Å². The molecule has 7 nitrogen and oxygen atoms in total. The van der Waals surface area contributed by atoms with Gasteiger partial charge in [-0.2, -0.15) is 0 Å². The zero-order valence-corrected chi connectivity index (χ0v) is 19.9. The van der Waals surface area contributed by atoms with Crippen LogP contribution in [-0.2, 0) is 9.53 Å². The third-order valence-corrected chi connectivity index (χ3v) is 6.02. The summed E-state index contributed by atoms with van der Waals surface area (Å²) in [6, 6.07) is 9.28. The second kappa shape index (κ2) is 8.67. The highest BCUT2D eigenvalue weighted by Crippen LogP contribution is 2.40. The van der Waals surface area contributed by atoms with Gasteiger partial charge in [0.25, 0.3) is 0 Å². The van der Waals surface area contributed by atoms with Crippen molar-refractivity contribution in [1.29, 1.82) is 0 Å². The maximum atomic E-state index is 12.5. The first kappa shape index (κ1) is 22.5. The number of carbonyl (C=O) groups is 2. The van der Waals surface area contributed by atoms with Gasteiger partial charge in [0.2, 0.25) is 0 Å². The average molecular weight is 500 g/mol. The predicted octanol–water partition coefficient (Wildman–Crippen LogP) is 4.42. The second-order valence-corrected chi connectivity index (χ2v) is 9.90. The number of fused-ring (bicyclic) bond motifs is 2. The van der Waals surface area contributed by atoms with E-state index in [1.54, 1.807) is 17.2 Å². The molecule has 1 aromatic heterocycles. The van der Waals surface area contributed by atoms with Gasteiger partial charge in [0.1, 0.15) is 5.60 Å². The quantitative estimate of drug-likeness (QED) is 0.658. The van der Waals surface area contributed by atoms with Gasteiger partial charge in [-0.25, -0.2) is 9.59 Å². The van der Waals surface area contributed by atoms with Crippen molar-refractivity contribution in [2.75, 3.05) is 26.2 Å². The molecule has 0 radical (unpaired) electrons. The van der Waals surface area contributed by atoms with Crippen LogP contribution < -0.4 is 0 Å². The summed E-state index contributed by atoms with van der Waals surface area (Å²) in [5.41, 5.74) is 2.88. The number of aliphatic carboxylic acids is 1. The Morgan fingerprint density at radius 1 is 1.16 bits per heavy atom. The van der Waals surface area contributed by atoms with Gasteiger partial charge in [0, 0.05) is 36.8 Å². The molecule has 1 saturated heterocycles. The smallest absolute Gasteiger partial charge is 0.410 e. The lowest BCUT2D eigenvalue weighted by Crippen LogP contribution is -2.51. The van der Waals surface area contributed by atoms with Crippen LogP contribution in [0.3, 0.4) is 0 Å². The molecule has 168 valence electrons. The molecule has 1 N–H and O–H groups in total. The molecule has 1 unspecified atom stereocenters. The van der Waals surface area contributed by atoms with E-state index in [-0.39, 0.29) is 17.7 Å². The summed E-state index contributed by atoms with van der Waals surface area (Å²) in [4.78, 5) is 33.3. The Kier molecular flexibility index (Phi) is 6.09. The topological polar surface area (TPSA) is 83.0 Å². The Morgan fingerprint density at radius 2 is 1.84 bits per heavy atom. The summed E-state index contributed by atoms with van der Waals surface area (Å²) in [6.07, 6.45) is 3.13. The van der Waals surface area contributed by atoms with Crippen LogP contribution in [0, 0.1) is 0 Å². The number of carbonyl (C=O) groups excluding carboxylic acids is 1. The minimum Gasteiger partial charge on any atom is -0.478 e. The lowest BCUT2D eigenvalue weighted by Gasteiger charge is -2.40. The first-order valence-electron chi connectivity index (χ1n) is 10.6. The third kappa shape index (κ3) is 4.56. The summed E-state index contributed by atoms with van der Waals surface area (Å²) >= 11 is 3.46. The van der Waals surface area contributed by atoms with Crippen molar-refractivity contribution >= 4 is 39.6 Å². The Hall–Kier alpha value is -2.71. The summed E-state index contributed by atoms with van der Waals surface area (Å²) in [5.74, 6) is -0.973.